The van der Waals surface area contributed by atoms with E-state index >= 15 is 0 Å². The summed E-state index contributed by atoms with van der Waals surface area (Å²) in [6, 6.07) is 10.7. The van der Waals surface area contributed by atoms with Gasteiger partial charge >= 0.3 is 0 Å². The summed E-state index contributed by atoms with van der Waals surface area (Å²) < 4.78 is 7.63. The van der Waals surface area contributed by atoms with E-state index < -0.39 is 0 Å². The van der Waals surface area contributed by atoms with E-state index in [2.05, 4.69) is 50.4 Å². The molecule has 2 aliphatic heterocycles. The molecule has 0 unspecified atom stereocenters. The van der Waals surface area contributed by atoms with Gasteiger partial charge in [0, 0.05) is 29.4 Å². The number of fused-ring (bicyclic) bond motifs is 5. The minimum atomic E-state index is 0.0332. The molecule has 4 heterocycles. The van der Waals surface area contributed by atoms with E-state index in [1.165, 1.54) is 26.6 Å². The summed E-state index contributed by atoms with van der Waals surface area (Å²) >= 11 is 1.81. The zero-order valence-corrected chi connectivity index (χ0v) is 18.3. The van der Waals surface area contributed by atoms with Crippen molar-refractivity contribution in [3.63, 3.8) is 0 Å². The summed E-state index contributed by atoms with van der Waals surface area (Å²) in [5.41, 5.74) is 3.88. The number of thiophene rings is 1. The van der Waals surface area contributed by atoms with Gasteiger partial charge in [0.1, 0.15) is 10.8 Å². The standard InChI is InChI=1S/C23H25N5O2S/c1-14-25-26-19-13-24-21(15-5-3-2-4-6-15)20-17-11-16(12-18(17)31-23(20)28(14)19)22(29)27-7-9-30-10-8-27/h2-6,16,21,24H,7-13H2,1H3/t16-,21-/m1/s1. The van der Waals surface area contributed by atoms with Crippen molar-refractivity contribution >= 4 is 17.2 Å². The Morgan fingerprint density at radius 2 is 1.97 bits per heavy atom. The highest BCUT2D eigenvalue weighted by Crippen LogP contribution is 2.46. The Labute approximate surface area is 185 Å². The number of morpholine rings is 1. The number of nitrogens with zero attached hydrogens (tertiary/aromatic N) is 4. The van der Waals surface area contributed by atoms with Crippen molar-refractivity contribution in [2.24, 2.45) is 5.92 Å². The second-order valence-electron chi connectivity index (χ2n) is 8.49. The molecule has 8 heteroatoms. The predicted octanol–water partition coefficient (Wildman–Crippen LogP) is 2.40. The van der Waals surface area contributed by atoms with Gasteiger partial charge < -0.3 is 9.64 Å². The maximum atomic E-state index is 13.2. The van der Waals surface area contributed by atoms with Crippen molar-refractivity contribution < 1.29 is 9.53 Å². The Morgan fingerprint density at radius 1 is 1.16 bits per heavy atom. The Hall–Kier alpha value is -2.55. The van der Waals surface area contributed by atoms with Crippen LogP contribution in [0.25, 0.3) is 5.00 Å². The molecule has 1 amide bonds. The maximum absolute atomic E-state index is 13.2. The van der Waals surface area contributed by atoms with E-state index in [0.29, 0.717) is 32.8 Å². The number of carbonyl (C=O) groups is 1. The molecule has 31 heavy (non-hydrogen) atoms. The fourth-order valence-electron chi connectivity index (χ4n) is 5.13. The molecule has 6 rings (SSSR count). The van der Waals surface area contributed by atoms with Crippen LogP contribution in [-0.4, -0.2) is 51.9 Å². The van der Waals surface area contributed by atoms with Gasteiger partial charge in [-0.3, -0.25) is 14.7 Å². The monoisotopic (exact) mass is 435 g/mol. The van der Waals surface area contributed by atoms with E-state index in [-0.39, 0.29) is 17.9 Å². The molecule has 1 fully saturated rings. The molecule has 1 aliphatic carbocycles. The van der Waals surface area contributed by atoms with Crippen molar-refractivity contribution in [3.8, 4) is 5.00 Å². The topological polar surface area (TPSA) is 72.3 Å². The van der Waals surface area contributed by atoms with Gasteiger partial charge in [-0.05, 0) is 30.9 Å². The molecule has 3 aromatic rings. The number of carbonyl (C=O) groups excluding carboxylic acids is 1. The maximum Gasteiger partial charge on any atom is 0.226 e. The molecule has 160 valence electrons. The number of aryl methyl sites for hydroxylation is 1. The van der Waals surface area contributed by atoms with Crippen LogP contribution in [0.2, 0.25) is 0 Å². The van der Waals surface area contributed by atoms with Crippen LogP contribution in [0.4, 0.5) is 0 Å². The number of hydrogen-bond donors (Lipinski definition) is 1. The van der Waals surface area contributed by atoms with Gasteiger partial charge in [0.05, 0.1) is 25.8 Å². The molecule has 2 aromatic heterocycles. The summed E-state index contributed by atoms with van der Waals surface area (Å²) in [5, 5.41) is 13.7. The normalized spacial score (nSPS) is 22.5. The molecule has 0 spiro atoms. The lowest BCUT2D eigenvalue weighted by Gasteiger charge is -2.29. The minimum Gasteiger partial charge on any atom is -0.378 e. The summed E-state index contributed by atoms with van der Waals surface area (Å²) in [5.74, 6) is 2.16. The average molecular weight is 436 g/mol. The fraction of sp³-hybridized carbons (Fsp3) is 0.435. The van der Waals surface area contributed by atoms with Gasteiger partial charge in [-0.2, -0.15) is 0 Å². The summed E-state index contributed by atoms with van der Waals surface area (Å²) in [7, 11) is 0. The Balaban J connectivity index is 1.41. The van der Waals surface area contributed by atoms with Crippen LogP contribution < -0.4 is 5.32 Å². The van der Waals surface area contributed by atoms with Gasteiger partial charge in [-0.1, -0.05) is 30.3 Å². The van der Waals surface area contributed by atoms with Crippen molar-refractivity contribution in [2.45, 2.75) is 32.4 Å². The largest absolute Gasteiger partial charge is 0.378 e. The summed E-state index contributed by atoms with van der Waals surface area (Å²) in [4.78, 5) is 16.5. The number of amides is 1. The molecule has 0 radical (unpaired) electrons. The van der Waals surface area contributed by atoms with Gasteiger partial charge in [-0.15, -0.1) is 21.5 Å². The van der Waals surface area contributed by atoms with E-state index in [1.54, 1.807) is 0 Å². The van der Waals surface area contributed by atoms with E-state index in [9.17, 15) is 4.79 Å². The number of rotatable bonds is 2. The van der Waals surface area contributed by atoms with Gasteiger partial charge in [0.15, 0.2) is 5.82 Å². The number of nitrogens with one attached hydrogen (secondary N) is 1. The zero-order valence-electron chi connectivity index (χ0n) is 17.5. The Morgan fingerprint density at radius 3 is 2.77 bits per heavy atom. The molecule has 0 bridgehead atoms. The van der Waals surface area contributed by atoms with Crippen molar-refractivity contribution in [1.82, 2.24) is 25.0 Å². The van der Waals surface area contributed by atoms with Crippen LogP contribution >= 0.6 is 11.3 Å². The third kappa shape index (κ3) is 3.12. The van der Waals surface area contributed by atoms with E-state index in [0.717, 1.165) is 24.5 Å². The van der Waals surface area contributed by atoms with E-state index in [1.807, 2.05) is 23.2 Å². The first-order chi connectivity index (χ1) is 15.2. The zero-order chi connectivity index (χ0) is 20.9. The molecule has 7 nitrogen and oxygen atoms in total. The smallest absolute Gasteiger partial charge is 0.226 e. The average Bonchev–Trinajstić information content (AvgIpc) is 3.45. The van der Waals surface area contributed by atoms with Gasteiger partial charge in [0.25, 0.3) is 0 Å². The molecule has 2 atom stereocenters. The molecule has 3 aliphatic rings. The lowest BCUT2D eigenvalue weighted by molar-refractivity contribution is -0.139. The first kappa shape index (κ1) is 19.2. The van der Waals surface area contributed by atoms with Crippen LogP contribution in [0.1, 0.15) is 39.3 Å². The number of hydrogen-bond acceptors (Lipinski definition) is 6. The first-order valence-corrected chi connectivity index (χ1v) is 11.7. The lowest BCUT2D eigenvalue weighted by Crippen LogP contribution is -2.44. The van der Waals surface area contributed by atoms with Crippen LogP contribution in [0, 0.1) is 12.8 Å². The fourth-order valence-corrected chi connectivity index (χ4v) is 6.65. The Kier molecular flexibility index (Phi) is 4.66. The third-order valence-corrected chi connectivity index (χ3v) is 7.90. The summed E-state index contributed by atoms with van der Waals surface area (Å²) in [6.07, 6.45) is 1.63. The van der Waals surface area contributed by atoms with E-state index in [4.69, 9.17) is 4.74 Å². The minimum absolute atomic E-state index is 0.0332. The van der Waals surface area contributed by atoms with Crippen LogP contribution in [-0.2, 0) is 28.9 Å². The lowest BCUT2D eigenvalue weighted by atomic mass is 9.95. The highest BCUT2D eigenvalue weighted by atomic mass is 32.1. The quantitative estimate of drug-likeness (QED) is 0.669. The highest BCUT2D eigenvalue weighted by Gasteiger charge is 2.39. The predicted molar refractivity (Wildman–Crippen MR) is 117 cm³/mol. The first-order valence-electron chi connectivity index (χ1n) is 10.9. The summed E-state index contributed by atoms with van der Waals surface area (Å²) in [6.45, 7) is 5.37. The molecule has 1 N–H and O–H groups in total. The second-order valence-corrected chi connectivity index (χ2v) is 9.57. The molecule has 1 saturated heterocycles. The number of ether oxygens (including phenoxy) is 1. The highest BCUT2D eigenvalue weighted by molar-refractivity contribution is 7.15. The SMILES string of the molecule is Cc1nnc2n1-c1sc3c(c1[C@@H](c1ccccc1)NC2)C[C@@H](C(=O)N1CCOCC1)C3. The van der Waals surface area contributed by atoms with Gasteiger partial charge in [0.2, 0.25) is 5.91 Å². The number of benzene rings is 1. The Bertz CT molecular complexity index is 1130. The van der Waals surface area contributed by atoms with Crippen LogP contribution in [0.3, 0.4) is 0 Å². The van der Waals surface area contributed by atoms with Crippen LogP contribution in [0.5, 0.6) is 0 Å². The van der Waals surface area contributed by atoms with Crippen molar-refractivity contribution in [1.29, 1.82) is 0 Å². The number of aromatic nitrogens is 3. The van der Waals surface area contributed by atoms with Crippen molar-refractivity contribution in [2.75, 3.05) is 26.3 Å². The van der Waals surface area contributed by atoms with Crippen molar-refractivity contribution in [3.05, 3.63) is 63.5 Å². The molecule has 1 aromatic carbocycles. The molecule has 0 saturated carbocycles. The van der Waals surface area contributed by atoms with Crippen LogP contribution in [0.15, 0.2) is 30.3 Å². The van der Waals surface area contributed by atoms with Gasteiger partial charge in [-0.25, -0.2) is 0 Å². The third-order valence-electron chi connectivity index (χ3n) is 6.65. The second kappa shape index (κ2) is 7.55. The molecular weight excluding hydrogens is 410 g/mol. The molecular formula is C23H25N5O2S.